The first-order chi connectivity index (χ1) is 12.7. The molecule has 26 heavy (non-hydrogen) atoms. The average Bonchev–Trinajstić information content (AvgIpc) is 3.16. The predicted octanol–water partition coefficient (Wildman–Crippen LogP) is -0.713. The van der Waals surface area contributed by atoms with Gasteiger partial charge in [-0.05, 0) is 0 Å². The Hall–Kier alpha value is -2.59. The maximum atomic E-state index is 12.5. The second kappa shape index (κ2) is 8.68. The normalized spacial score (nSPS) is 15.0. The van der Waals surface area contributed by atoms with E-state index in [-0.39, 0.29) is 5.91 Å². The Bertz CT molecular complexity index is 709. The molecule has 0 unspecified atom stereocenters. The van der Waals surface area contributed by atoms with Crippen LogP contribution in [0.3, 0.4) is 0 Å². The van der Waals surface area contributed by atoms with E-state index in [1.54, 1.807) is 42.3 Å². The number of carbonyl (C=O) groups is 1. The van der Waals surface area contributed by atoms with Gasteiger partial charge in [0.05, 0.1) is 12.7 Å². The summed E-state index contributed by atoms with van der Waals surface area (Å²) < 4.78 is 1.73. The molecule has 2 aromatic rings. The van der Waals surface area contributed by atoms with Crippen LogP contribution in [-0.4, -0.2) is 87.5 Å². The van der Waals surface area contributed by atoms with Crippen LogP contribution in [0.15, 0.2) is 18.6 Å². The number of rotatable bonds is 7. The molecule has 10 nitrogen and oxygen atoms in total. The van der Waals surface area contributed by atoms with Gasteiger partial charge in [0.1, 0.15) is 0 Å². The third-order valence-corrected chi connectivity index (χ3v) is 4.31. The molecular weight excluding hydrogens is 334 g/mol. The van der Waals surface area contributed by atoms with Gasteiger partial charge >= 0.3 is 0 Å². The summed E-state index contributed by atoms with van der Waals surface area (Å²) >= 11 is 0. The lowest BCUT2D eigenvalue weighted by molar-refractivity contribution is 0.0779. The summed E-state index contributed by atoms with van der Waals surface area (Å²) in [5.41, 5.74) is 1.20. The summed E-state index contributed by atoms with van der Waals surface area (Å²) in [7, 11) is 3.49. The first kappa shape index (κ1) is 18.2. The van der Waals surface area contributed by atoms with Gasteiger partial charge in [0.25, 0.3) is 5.91 Å². The topological polar surface area (TPSA) is 104 Å². The Morgan fingerprint density at radius 3 is 2.69 bits per heavy atom. The lowest BCUT2D eigenvalue weighted by Crippen LogP contribution is -2.44. The monoisotopic (exact) mass is 359 g/mol. The number of nitrogens with zero attached hydrogens (tertiary/aromatic N) is 7. The average molecular weight is 359 g/mol. The Morgan fingerprint density at radius 1 is 1.27 bits per heavy atom. The van der Waals surface area contributed by atoms with Crippen LogP contribution in [0.2, 0.25) is 0 Å². The number of anilines is 1. The van der Waals surface area contributed by atoms with Crippen LogP contribution >= 0.6 is 0 Å². The van der Waals surface area contributed by atoms with E-state index in [4.69, 9.17) is 0 Å². The number of carbonyl (C=O) groups excluding carboxylic acids is 1. The molecule has 10 heteroatoms. The summed E-state index contributed by atoms with van der Waals surface area (Å²) in [4.78, 5) is 24.8. The van der Waals surface area contributed by atoms with Gasteiger partial charge in [0.2, 0.25) is 5.95 Å². The zero-order valence-corrected chi connectivity index (χ0v) is 15.2. The second-order valence-corrected chi connectivity index (χ2v) is 6.28. The summed E-state index contributed by atoms with van der Waals surface area (Å²) in [5.74, 6) is 0.381. The van der Waals surface area contributed by atoms with Crippen molar-refractivity contribution in [3.8, 4) is 0 Å². The lowest BCUT2D eigenvalue weighted by atomic mass is 10.3. The van der Waals surface area contributed by atoms with Crippen molar-refractivity contribution in [2.75, 3.05) is 52.1 Å². The molecule has 0 saturated carbocycles. The van der Waals surface area contributed by atoms with Gasteiger partial charge in [0.15, 0.2) is 5.69 Å². The van der Waals surface area contributed by atoms with Crippen molar-refractivity contribution in [1.82, 2.24) is 40.1 Å². The van der Waals surface area contributed by atoms with Gasteiger partial charge in [-0.1, -0.05) is 5.21 Å². The molecule has 2 aromatic heterocycles. The van der Waals surface area contributed by atoms with Crippen molar-refractivity contribution in [3.63, 3.8) is 0 Å². The summed E-state index contributed by atoms with van der Waals surface area (Å²) in [5, 5.41) is 14.3. The van der Waals surface area contributed by atoms with E-state index in [1.807, 2.05) is 0 Å². The highest BCUT2D eigenvalue weighted by molar-refractivity contribution is 5.91. The van der Waals surface area contributed by atoms with Crippen molar-refractivity contribution < 1.29 is 4.79 Å². The number of hydrogen-bond donors (Lipinski definition) is 2. The number of hydrogen-bond acceptors (Lipinski definition) is 8. The molecule has 3 heterocycles. The largest absolute Gasteiger partial charge is 0.357 e. The molecule has 1 saturated heterocycles. The molecule has 1 fully saturated rings. The number of nitrogens with one attached hydrogen (secondary N) is 2. The third-order valence-electron chi connectivity index (χ3n) is 4.31. The van der Waals surface area contributed by atoms with E-state index in [0.29, 0.717) is 18.2 Å². The Kier molecular flexibility index (Phi) is 6.08. The van der Waals surface area contributed by atoms with Gasteiger partial charge in [-0.2, -0.15) is 0 Å². The highest BCUT2D eigenvalue weighted by Gasteiger charge is 2.17. The zero-order chi connectivity index (χ0) is 18.4. The molecule has 0 aromatic carbocycles. The SMILES string of the molecule is CNc1ncc(CN(C)C(=O)c2cn(CCN3CCNCC3)nn2)cn1. The minimum Gasteiger partial charge on any atom is -0.357 e. The van der Waals surface area contributed by atoms with Gasteiger partial charge in [0, 0.05) is 71.3 Å². The molecular formula is C16H25N9O. The van der Waals surface area contributed by atoms with Gasteiger partial charge < -0.3 is 15.5 Å². The molecule has 0 bridgehead atoms. The molecule has 0 aliphatic carbocycles. The molecule has 0 spiro atoms. The maximum absolute atomic E-state index is 12.5. The fraction of sp³-hybridized carbons (Fsp3) is 0.562. The Labute approximate surface area is 152 Å². The molecule has 140 valence electrons. The van der Waals surface area contributed by atoms with Crippen LogP contribution in [-0.2, 0) is 13.1 Å². The van der Waals surface area contributed by atoms with E-state index in [1.165, 1.54) is 0 Å². The molecule has 1 aliphatic heterocycles. The number of amides is 1. The summed E-state index contributed by atoms with van der Waals surface area (Å²) in [6.45, 7) is 6.16. The zero-order valence-electron chi connectivity index (χ0n) is 15.2. The quantitative estimate of drug-likeness (QED) is 0.668. The van der Waals surface area contributed by atoms with Crippen molar-refractivity contribution in [3.05, 3.63) is 29.8 Å². The summed E-state index contributed by atoms with van der Waals surface area (Å²) in [6.07, 6.45) is 5.11. The van der Waals surface area contributed by atoms with Gasteiger partial charge in [-0.3, -0.25) is 14.4 Å². The van der Waals surface area contributed by atoms with E-state index in [2.05, 4.69) is 35.8 Å². The molecule has 0 atom stereocenters. The molecule has 0 radical (unpaired) electrons. The number of aromatic nitrogens is 5. The molecule has 1 amide bonds. The van der Waals surface area contributed by atoms with Crippen LogP contribution in [0, 0.1) is 0 Å². The first-order valence-corrected chi connectivity index (χ1v) is 8.73. The second-order valence-electron chi connectivity index (χ2n) is 6.28. The fourth-order valence-corrected chi connectivity index (χ4v) is 2.79. The highest BCUT2D eigenvalue weighted by Crippen LogP contribution is 2.06. The first-order valence-electron chi connectivity index (χ1n) is 8.73. The summed E-state index contributed by atoms with van der Waals surface area (Å²) in [6, 6.07) is 0. The minimum absolute atomic E-state index is 0.170. The van der Waals surface area contributed by atoms with Crippen LogP contribution < -0.4 is 10.6 Å². The van der Waals surface area contributed by atoms with E-state index in [9.17, 15) is 4.79 Å². The standard InChI is InChI=1S/C16H25N9O/c1-17-16-19-9-13(10-20-16)11-23(2)15(26)14-12-25(22-21-14)8-7-24-5-3-18-4-6-24/h9-10,12,18H,3-8,11H2,1-2H3,(H,17,19,20). The Balaban J connectivity index is 1.52. The molecule has 1 aliphatic rings. The minimum atomic E-state index is -0.170. The Morgan fingerprint density at radius 2 is 2.00 bits per heavy atom. The van der Waals surface area contributed by atoms with Crippen LogP contribution in [0.4, 0.5) is 5.95 Å². The maximum Gasteiger partial charge on any atom is 0.276 e. The predicted molar refractivity (Wildman–Crippen MR) is 96.7 cm³/mol. The van der Waals surface area contributed by atoms with Crippen LogP contribution in [0.5, 0.6) is 0 Å². The van der Waals surface area contributed by atoms with Crippen LogP contribution in [0.25, 0.3) is 0 Å². The molecule has 2 N–H and O–H groups in total. The van der Waals surface area contributed by atoms with Crippen molar-refractivity contribution in [2.24, 2.45) is 0 Å². The highest BCUT2D eigenvalue weighted by atomic mass is 16.2. The number of piperazine rings is 1. The molecule has 3 rings (SSSR count). The van der Waals surface area contributed by atoms with Crippen molar-refractivity contribution in [1.29, 1.82) is 0 Å². The van der Waals surface area contributed by atoms with Crippen molar-refractivity contribution >= 4 is 11.9 Å². The smallest absolute Gasteiger partial charge is 0.276 e. The van der Waals surface area contributed by atoms with Crippen LogP contribution in [0.1, 0.15) is 16.1 Å². The lowest BCUT2D eigenvalue weighted by Gasteiger charge is -2.26. The van der Waals surface area contributed by atoms with Crippen molar-refractivity contribution in [2.45, 2.75) is 13.1 Å². The fourth-order valence-electron chi connectivity index (χ4n) is 2.79. The van der Waals surface area contributed by atoms with E-state index in [0.717, 1.165) is 44.8 Å². The van der Waals surface area contributed by atoms with E-state index >= 15 is 0 Å². The third kappa shape index (κ3) is 4.73. The van der Waals surface area contributed by atoms with Gasteiger partial charge in [-0.15, -0.1) is 5.10 Å². The van der Waals surface area contributed by atoms with Gasteiger partial charge in [-0.25, -0.2) is 9.97 Å². The van der Waals surface area contributed by atoms with E-state index < -0.39 is 0 Å².